The van der Waals surface area contributed by atoms with Crippen molar-refractivity contribution in [2.45, 2.75) is 0 Å². The Morgan fingerprint density at radius 1 is 1.41 bits per heavy atom. The number of aromatic nitrogens is 1. The molecule has 0 saturated carbocycles. The Morgan fingerprint density at radius 2 is 2.06 bits per heavy atom. The van der Waals surface area contributed by atoms with E-state index >= 15 is 0 Å². The summed E-state index contributed by atoms with van der Waals surface area (Å²) in [5.74, 6) is -0.471. The van der Waals surface area contributed by atoms with Gasteiger partial charge in [0.25, 0.3) is 0 Å². The van der Waals surface area contributed by atoms with Crippen LogP contribution >= 0.6 is 39.1 Å². The van der Waals surface area contributed by atoms with E-state index in [9.17, 15) is 4.79 Å². The molecule has 0 amide bonds. The molecule has 17 heavy (non-hydrogen) atoms. The molecule has 1 heterocycles. The maximum absolute atomic E-state index is 11.6. The van der Waals surface area contributed by atoms with E-state index < -0.39 is 5.97 Å². The van der Waals surface area contributed by atoms with Gasteiger partial charge in [-0.2, -0.15) is 4.37 Å². The highest BCUT2D eigenvalue weighted by Crippen LogP contribution is 2.33. The molecule has 0 aliphatic rings. The predicted octanol–water partition coefficient (Wildman–Crippen LogP) is 4.01. The van der Waals surface area contributed by atoms with Crippen LogP contribution in [0.1, 0.15) is 10.4 Å². The third-order valence-corrected chi connectivity index (χ3v) is 3.95. The average molecular weight is 333 g/mol. The van der Waals surface area contributed by atoms with E-state index in [1.165, 1.54) is 18.6 Å². The molecule has 6 heteroatoms. The largest absolute Gasteiger partial charge is 0.465 e. The van der Waals surface area contributed by atoms with Crippen LogP contribution in [-0.4, -0.2) is 17.5 Å². The summed E-state index contributed by atoms with van der Waals surface area (Å²) in [4.78, 5) is 12.3. The third kappa shape index (κ3) is 2.51. The van der Waals surface area contributed by atoms with Crippen LogP contribution in [0.25, 0.3) is 10.4 Å². The molecule has 1 aromatic heterocycles. The summed E-state index contributed by atoms with van der Waals surface area (Å²) < 4.78 is 9.64. The summed E-state index contributed by atoms with van der Waals surface area (Å²) in [6.45, 7) is 0. The summed E-state index contributed by atoms with van der Waals surface area (Å²) in [5, 5.41) is 0.180. The topological polar surface area (TPSA) is 39.2 Å². The lowest BCUT2D eigenvalue weighted by Crippen LogP contribution is -2.01. The molecule has 88 valence electrons. The number of nitrogens with zero attached hydrogens (tertiary/aromatic N) is 1. The molecular weight excluding hydrogens is 326 g/mol. The Morgan fingerprint density at radius 3 is 2.65 bits per heavy atom. The van der Waals surface area contributed by atoms with E-state index in [2.05, 4.69) is 20.3 Å². The minimum atomic E-state index is -0.471. The average Bonchev–Trinajstić information content (AvgIpc) is 2.71. The van der Waals surface area contributed by atoms with Gasteiger partial charge in [0.1, 0.15) is 5.56 Å². The molecule has 2 rings (SSSR count). The number of methoxy groups -OCH3 is 1. The molecule has 0 N–H and O–H groups in total. The maximum atomic E-state index is 11.6. The summed E-state index contributed by atoms with van der Waals surface area (Å²) in [6, 6.07) is 7.56. The summed E-state index contributed by atoms with van der Waals surface area (Å²) in [6.07, 6.45) is 0. The van der Waals surface area contributed by atoms with Gasteiger partial charge in [-0.1, -0.05) is 39.7 Å². The fourth-order valence-electron chi connectivity index (χ4n) is 1.35. The van der Waals surface area contributed by atoms with E-state index in [4.69, 9.17) is 16.3 Å². The second-order valence-electron chi connectivity index (χ2n) is 3.18. The lowest BCUT2D eigenvalue weighted by Gasteiger charge is -2.02. The second kappa shape index (κ2) is 5.16. The Bertz CT molecular complexity index is 553. The van der Waals surface area contributed by atoms with Crippen molar-refractivity contribution < 1.29 is 9.53 Å². The van der Waals surface area contributed by atoms with Gasteiger partial charge in [-0.3, -0.25) is 0 Å². The van der Waals surface area contributed by atoms with Crippen molar-refractivity contribution in [3.05, 3.63) is 39.5 Å². The van der Waals surface area contributed by atoms with Gasteiger partial charge in [0.2, 0.25) is 0 Å². The molecule has 0 spiro atoms. The molecule has 0 radical (unpaired) electrons. The first-order valence-electron chi connectivity index (χ1n) is 4.63. The van der Waals surface area contributed by atoms with Crippen molar-refractivity contribution in [1.29, 1.82) is 0 Å². The lowest BCUT2D eigenvalue weighted by atomic mass is 10.1. The molecule has 2 aromatic rings. The first-order chi connectivity index (χ1) is 8.13. The highest BCUT2D eigenvalue weighted by Gasteiger charge is 2.21. The van der Waals surface area contributed by atoms with Gasteiger partial charge in [-0.05, 0) is 29.2 Å². The van der Waals surface area contributed by atoms with Gasteiger partial charge < -0.3 is 4.74 Å². The zero-order chi connectivity index (χ0) is 12.4. The summed E-state index contributed by atoms with van der Waals surface area (Å²) in [5.41, 5.74) is 1.21. The first kappa shape index (κ1) is 12.5. The van der Waals surface area contributed by atoms with Gasteiger partial charge in [0, 0.05) is 4.47 Å². The van der Waals surface area contributed by atoms with Crippen LogP contribution in [0.15, 0.2) is 28.7 Å². The van der Waals surface area contributed by atoms with Crippen molar-refractivity contribution >= 4 is 45.0 Å². The van der Waals surface area contributed by atoms with Crippen LogP contribution in [0, 0.1) is 0 Å². The predicted molar refractivity (Wildman–Crippen MR) is 71.6 cm³/mol. The Balaban J connectivity index is 2.52. The number of halogens is 2. The Kier molecular flexibility index (Phi) is 3.81. The van der Waals surface area contributed by atoms with E-state index in [0.29, 0.717) is 10.4 Å². The summed E-state index contributed by atoms with van der Waals surface area (Å²) in [7, 11) is 1.32. The molecule has 0 saturated heterocycles. The lowest BCUT2D eigenvalue weighted by molar-refractivity contribution is 0.0602. The molecule has 0 aliphatic carbocycles. The number of benzene rings is 1. The number of carbonyl (C=O) groups is 1. The smallest absolute Gasteiger partial charge is 0.342 e. The molecular formula is C11H7BrClNO2S. The maximum Gasteiger partial charge on any atom is 0.342 e. The first-order valence-corrected chi connectivity index (χ1v) is 6.57. The van der Waals surface area contributed by atoms with Gasteiger partial charge in [-0.25, -0.2) is 4.79 Å². The minimum absolute atomic E-state index is 0.180. The highest BCUT2D eigenvalue weighted by molar-refractivity contribution is 9.10. The van der Waals surface area contributed by atoms with Crippen molar-refractivity contribution in [3.63, 3.8) is 0 Å². The standard InChI is InChI=1S/C11H7BrClNO2S/c1-16-11(15)8-9(17-14-10(8)13)6-2-4-7(12)5-3-6/h2-5H,1H3. The molecule has 0 fully saturated rings. The quantitative estimate of drug-likeness (QED) is 0.780. The van der Waals surface area contributed by atoms with Crippen molar-refractivity contribution in [3.8, 4) is 10.4 Å². The van der Waals surface area contributed by atoms with Crippen molar-refractivity contribution in [2.24, 2.45) is 0 Å². The van der Waals surface area contributed by atoms with Crippen molar-refractivity contribution in [2.75, 3.05) is 7.11 Å². The minimum Gasteiger partial charge on any atom is -0.465 e. The van der Waals surface area contributed by atoms with Gasteiger partial charge in [0.15, 0.2) is 5.15 Å². The highest BCUT2D eigenvalue weighted by atomic mass is 79.9. The number of rotatable bonds is 2. The Hall–Kier alpha value is -0.910. The molecule has 0 unspecified atom stereocenters. The number of carbonyl (C=O) groups excluding carboxylic acids is 1. The SMILES string of the molecule is COC(=O)c1c(Cl)nsc1-c1ccc(Br)cc1. The van der Waals surface area contributed by atoms with Gasteiger partial charge >= 0.3 is 5.97 Å². The van der Waals surface area contributed by atoms with E-state index in [1.807, 2.05) is 24.3 Å². The van der Waals surface area contributed by atoms with Crippen molar-refractivity contribution in [1.82, 2.24) is 4.37 Å². The molecule has 0 atom stereocenters. The number of hydrogen-bond donors (Lipinski definition) is 0. The molecule has 0 bridgehead atoms. The number of ether oxygens (including phenoxy) is 1. The van der Waals surface area contributed by atoms with Crippen LogP contribution in [0.3, 0.4) is 0 Å². The monoisotopic (exact) mass is 331 g/mol. The van der Waals surface area contributed by atoms with Crippen LogP contribution in [0.4, 0.5) is 0 Å². The van der Waals surface area contributed by atoms with Gasteiger partial charge in [-0.15, -0.1) is 0 Å². The van der Waals surface area contributed by atoms with E-state index in [1.54, 1.807) is 0 Å². The second-order valence-corrected chi connectivity index (χ2v) is 5.22. The molecule has 1 aromatic carbocycles. The van der Waals surface area contributed by atoms with Crippen LogP contribution in [-0.2, 0) is 4.74 Å². The van der Waals surface area contributed by atoms with Gasteiger partial charge in [0.05, 0.1) is 12.0 Å². The number of hydrogen-bond acceptors (Lipinski definition) is 4. The van der Waals surface area contributed by atoms with Crippen LogP contribution in [0.5, 0.6) is 0 Å². The van der Waals surface area contributed by atoms with E-state index in [-0.39, 0.29) is 5.15 Å². The fraction of sp³-hybridized carbons (Fsp3) is 0.0909. The van der Waals surface area contributed by atoms with Crippen LogP contribution in [0.2, 0.25) is 5.15 Å². The van der Waals surface area contributed by atoms with E-state index in [0.717, 1.165) is 10.0 Å². The number of esters is 1. The molecule has 0 aliphatic heterocycles. The fourth-order valence-corrected chi connectivity index (χ4v) is 2.72. The summed E-state index contributed by atoms with van der Waals surface area (Å²) >= 11 is 10.4. The zero-order valence-electron chi connectivity index (χ0n) is 8.74. The normalized spacial score (nSPS) is 10.3. The molecule has 3 nitrogen and oxygen atoms in total. The Labute approximate surface area is 116 Å². The van der Waals surface area contributed by atoms with Crippen LogP contribution < -0.4 is 0 Å². The zero-order valence-corrected chi connectivity index (χ0v) is 11.9. The third-order valence-electron chi connectivity index (χ3n) is 2.15.